The quantitative estimate of drug-likeness (QED) is 0.859. The predicted octanol–water partition coefficient (Wildman–Crippen LogP) is 2.97. The van der Waals surface area contributed by atoms with Crippen LogP contribution in [0.2, 0.25) is 0 Å². The Bertz CT molecular complexity index is 490. The number of nitrogens with one attached hydrogen (secondary N) is 2. The third-order valence-electron chi connectivity index (χ3n) is 2.07. The Morgan fingerprint density at radius 2 is 2.35 bits per heavy atom. The number of nitrogens with zero attached hydrogens (tertiary/aromatic N) is 1. The molecule has 0 aliphatic heterocycles. The topological polar surface area (TPSA) is 57.8 Å². The maximum Gasteiger partial charge on any atom is 0.261 e. The molecule has 0 aliphatic rings. The average Bonchev–Trinajstić information content (AvgIpc) is 2.90. The number of H-pyrrole nitrogens is 1. The Labute approximate surface area is 119 Å². The Hall–Kier alpha value is -0.660. The summed E-state index contributed by atoms with van der Waals surface area (Å²) < 4.78 is 1.83. The van der Waals surface area contributed by atoms with Crippen molar-refractivity contribution >= 4 is 49.1 Å². The van der Waals surface area contributed by atoms with E-state index in [0.717, 1.165) is 14.1 Å². The molecule has 0 radical (unpaired) electrons. The van der Waals surface area contributed by atoms with Gasteiger partial charge in [0.2, 0.25) is 0 Å². The van der Waals surface area contributed by atoms with Gasteiger partial charge in [-0.05, 0) is 37.9 Å². The van der Waals surface area contributed by atoms with Gasteiger partial charge in [0.05, 0.1) is 8.66 Å². The number of aromatic amines is 1. The van der Waals surface area contributed by atoms with Gasteiger partial charge in [0.15, 0.2) is 0 Å². The largest absolute Gasteiger partial charge is 0.351 e. The molecule has 0 saturated heterocycles. The number of aromatic nitrogens is 2. The van der Waals surface area contributed by atoms with Crippen molar-refractivity contribution in [1.82, 2.24) is 15.3 Å². The molecular weight excluding hydrogens is 370 g/mol. The number of imidazole rings is 1. The maximum absolute atomic E-state index is 11.8. The van der Waals surface area contributed by atoms with Crippen LogP contribution >= 0.6 is 43.2 Å². The average molecular weight is 379 g/mol. The van der Waals surface area contributed by atoms with Gasteiger partial charge in [0, 0.05) is 29.8 Å². The van der Waals surface area contributed by atoms with E-state index < -0.39 is 0 Å². The molecule has 0 unspecified atom stereocenters. The second-order valence-electron chi connectivity index (χ2n) is 3.27. The zero-order valence-corrected chi connectivity index (χ0v) is 12.7. The van der Waals surface area contributed by atoms with Crippen LogP contribution in [0, 0.1) is 0 Å². The first-order valence-corrected chi connectivity index (χ1v) is 7.28. The number of hydrogen-bond acceptors (Lipinski definition) is 3. The van der Waals surface area contributed by atoms with Crippen LogP contribution in [0.3, 0.4) is 0 Å². The third-order valence-corrected chi connectivity index (χ3v) is 5.33. The molecule has 4 nitrogen and oxygen atoms in total. The molecule has 2 N–H and O–H groups in total. The number of halogens is 2. The van der Waals surface area contributed by atoms with Crippen molar-refractivity contribution in [2.24, 2.45) is 0 Å². The maximum atomic E-state index is 11.8. The number of rotatable bonds is 4. The van der Waals surface area contributed by atoms with Crippen molar-refractivity contribution in [1.29, 1.82) is 0 Å². The molecule has 0 aliphatic carbocycles. The summed E-state index contributed by atoms with van der Waals surface area (Å²) in [7, 11) is 0. The lowest BCUT2D eigenvalue weighted by atomic mass is 10.4. The minimum absolute atomic E-state index is 0.0621. The van der Waals surface area contributed by atoms with Crippen LogP contribution in [-0.2, 0) is 6.42 Å². The fourth-order valence-corrected chi connectivity index (χ4v) is 3.23. The van der Waals surface area contributed by atoms with Gasteiger partial charge in [0.1, 0.15) is 5.82 Å². The summed E-state index contributed by atoms with van der Waals surface area (Å²) in [5, 5.41) is 2.85. The first-order valence-electron chi connectivity index (χ1n) is 4.88. The van der Waals surface area contributed by atoms with E-state index >= 15 is 0 Å². The van der Waals surface area contributed by atoms with Crippen molar-refractivity contribution in [2.45, 2.75) is 6.42 Å². The van der Waals surface area contributed by atoms with E-state index in [1.54, 1.807) is 18.5 Å². The smallest absolute Gasteiger partial charge is 0.261 e. The minimum Gasteiger partial charge on any atom is -0.351 e. The van der Waals surface area contributed by atoms with Crippen molar-refractivity contribution in [3.63, 3.8) is 0 Å². The highest BCUT2D eigenvalue weighted by Gasteiger charge is 2.11. The molecule has 0 aromatic carbocycles. The van der Waals surface area contributed by atoms with Crippen molar-refractivity contribution < 1.29 is 4.79 Å². The van der Waals surface area contributed by atoms with Crippen molar-refractivity contribution in [3.8, 4) is 0 Å². The molecule has 0 bridgehead atoms. The van der Waals surface area contributed by atoms with Gasteiger partial charge in [-0.25, -0.2) is 4.98 Å². The van der Waals surface area contributed by atoms with E-state index in [1.807, 2.05) is 0 Å². The summed E-state index contributed by atoms with van der Waals surface area (Å²) in [5.74, 6) is 0.812. The lowest BCUT2D eigenvalue weighted by Gasteiger charge is -2.01. The summed E-state index contributed by atoms with van der Waals surface area (Å²) >= 11 is 8.12. The zero-order valence-electron chi connectivity index (χ0n) is 8.67. The van der Waals surface area contributed by atoms with Crippen LogP contribution in [-0.4, -0.2) is 22.4 Å². The van der Waals surface area contributed by atoms with Crippen LogP contribution in [0.25, 0.3) is 0 Å². The molecule has 2 aromatic heterocycles. The van der Waals surface area contributed by atoms with Crippen LogP contribution in [0.1, 0.15) is 15.5 Å². The highest BCUT2D eigenvalue weighted by atomic mass is 79.9. The summed E-state index contributed by atoms with van der Waals surface area (Å²) in [6, 6.07) is 1.80. The standard InChI is InChI=1S/C10H9Br2N3OS/c11-6-5-7(17-9(6)12)10(16)15-2-1-8-13-3-4-14-8/h3-5H,1-2H2,(H,13,14)(H,15,16). The second kappa shape index (κ2) is 5.79. The molecule has 0 saturated carbocycles. The summed E-state index contributed by atoms with van der Waals surface area (Å²) in [6.45, 7) is 0.569. The number of hydrogen-bond donors (Lipinski definition) is 2. The molecule has 90 valence electrons. The molecular formula is C10H9Br2N3OS. The molecule has 0 atom stereocenters. The van der Waals surface area contributed by atoms with Gasteiger partial charge in [-0.1, -0.05) is 0 Å². The number of amides is 1. The molecule has 2 rings (SSSR count). The summed E-state index contributed by atoms with van der Waals surface area (Å²) in [6.07, 6.45) is 4.17. The molecule has 1 amide bonds. The number of carbonyl (C=O) groups excluding carboxylic acids is 1. The fraction of sp³-hybridized carbons (Fsp3) is 0.200. The Morgan fingerprint density at radius 1 is 1.53 bits per heavy atom. The van der Waals surface area contributed by atoms with Crippen LogP contribution in [0.5, 0.6) is 0 Å². The van der Waals surface area contributed by atoms with Crippen LogP contribution in [0.4, 0.5) is 0 Å². The van der Waals surface area contributed by atoms with Gasteiger partial charge < -0.3 is 10.3 Å². The second-order valence-corrected chi connectivity index (χ2v) is 6.50. The van der Waals surface area contributed by atoms with E-state index in [0.29, 0.717) is 17.8 Å². The molecule has 17 heavy (non-hydrogen) atoms. The summed E-state index contributed by atoms with van der Waals surface area (Å²) in [5.41, 5.74) is 0. The van der Waals surface area contributed by atoms with Crippen LogP contribution in [0.15, 0.2) is 26.7 Å². The monoisotopic (exact) mass is 377 g/mol. The molecule has 2 aromatic rings. The van der Waals surface area contributed by atoms with Crippen molar-refractivity contribution in [2.75, 3.05) is 6.54 Å². The molecule has 0 fully saturated rings. The lowest BCUT2D eigenvalue weighted by Crippen LogP contribution is -2.25. The van der Waals surface area contributed by atoms with E-state index in [1.165, 1.54) is 11.3 Å². The first kappa shape index (κ1) is 12.8. The Kier molecular flexibility index (Phi) is 4.36. The zero-order chi connectivity index (χ0) is 12.3. The highest BCUT2D eigenvalue weighted by Crippen LogP contribution is 2.32. The molecule has 7 heteroatoms. The normalized spacial score (nSPS) is 10.5. The Balaban J connectivity index is 1.85. The molecule has 0 spiro atoms. The van der Waals surface area contributed by atoms with Crippen LogP contribution < -0.4 is 5.32 Å². The van der Waals surface area contributed by atoms with Gasteiger partial charge in [-0.3, -0.25) is 4.79 Å². The van der Waals surface area contributed by atoms with Gasteiger partial charge >= 0.3 is 0 Å². The van der Waals surface area contributed by atoms with E-state index in [2.05, 4.69) is 47.1 Å². The lowest BCUT2D eigenvalue weighted by molar-refractivity contribution is 0.0958. The minimum atomic E-state index is -0.0621. The first-order chi connectivity index (χ1) is 8.16. The van der Waals surface area contributed by atoms with Crippen molar-refractivity contribution in [3.05, 3.63) is 37.4 Å². The third kappa shape index (κ3) is 3.40. The number of carbonyl (C=O) groups is 1. The fourth-order valence-electron chi connectivity index (χ4n) is 1.27. The predicted molar refractivity (Wildman–Crippen MR) is 74.3 cm³/mol. The Morgan fingerprint density at radius 3 is 2.94 bits per heavy atom. The van der Waals surface area contributed by atoms with E-state index in [4.69, 9.17) is 0 Å². The molecule has 2 heterocycles. The highest BCUT2D eigenvalue weighted by molar-refractivity contribution is 9.13. The van der Waals surface area contributed by atoms with E-state index in [9.17, 15) is 4.79 Å². The van der Waals surface area contributed by atoms with Gasteiger partial charge in [-0.2, -0.15) is 0 Å². The summed E-state index contributed by atoms with van der Waals surface area (Å²) in [4.78, 5) is 19.5. The van der Waals surface area contributed by atoms with Gasteiger partial charge in [0.25, 0.3) is 5.91 Å². The van der Waals surface area contributed by atoms with E-state index in [-0.39, 0.29) is 5.91 Å². The van der Waals surface area contributed by atoms with Gasteiger partial charge in [-0.15, -0.1) is 11.3 Å². The SMILES string of the molecule is O=C(NCCc1ncc[nH]1)c1cc(Br)c(Br)s1. The number of thiophene rings is 1.